The van der Waals surface area contributed by atoms with Gasteiger partial charge >= 0.3 is 11.4 Å². The van der Waals surface area contributed by atoms with Crippen LogP contribution >= 0.6 is 0 Å². The van der Waals surface area contributed by atoms with Crippen LogP contribution in [0, 0.1) is 0 Å². The van der Waals surface area contributed by atoms with E-state index in [-0.39, 0.29) is 16.5 Å². The Hall–Kier alpha value is -2.45. The molecule has 100 valence electrons. The number of nitrogens with two attached hydrogens (primary N) is 1. The van der Waals surface area contributed by atoms with Crippen molar-refractivity contribution in [3.8, 4) is 0 Å². The first kappa shape index (κ1) is 13.0. The minimum Gasteiger partial charge on any atom is -0.385 e. The third-order valence-corrected chi connectivity index (χ3v) is 2.62. The molecule has 8 heteroatoms. The monoisotopic (exact) mass is 266 g/mol. The van der Waals surface area contributed by atoms with E-state index in [2.05, 4.69) is 9.40 Å². The summed E-state index contributed by atoms with van der Waals surface area (Å²) in [5, 5.41) is 19.1. The molecular formula is C11H10N2O6. The number of carbonyl (C=O) groups excluding carboxylic acids is 1. The van der Waals surface area contributed by atoms with Crippen LogP contribution in [-0.2, 0) is 4.79 Å². The topological polar surface area (TPSA) is 147 Å². The molecule has 0 aliphatic rings. The van der Waals surface area contributed by atoms with Crippen molar-refractivity contribution in [1.82, 2.24) is 4.98 Å². The van der Waals surface area contributed by atoms with Gasteiger partial charge in [-0.2, -0.15) is 0 Å². The predicted octanol–water partition coefficient (Wildman–Crippen LogP) is -1.64. The first-order valence-electron chi connectivity index (χ1n) is 5.22. The van der Waals surface area contributed by atoms with Gasteiger partial charge in [-0.1, -0.05) is 6.07 Å². The molecule has 1 aromatic carbocycles. The zero-order valence-corrected chi connectivity index (χ0v) is 9.49. The van der Waals surface area contributed by atoms with E-state index in [1.165, 1.54) is 18.2 Å². The molecule has 5 N–H and O–H groups in total. The van der Waals surface area contributed by atoms with Gasteiger partial charge in [0.1, 0.15) is 6.10 Å². The van der Waals surface area contributed by atoms with Crippen molar-refractivity contribution in [3.05, 3.63) is 44.7 Å². The number of aromatic amines is 1. The molecule has 0 radical (unpaired) electrons. The number of aromatic nitrogens is 1. The number of rotatable bonds is 3. The van der Waals surface area contributed by atoms with Crippen LogP contribution < -0.4 is 17.1 Å². The lowest BCUT2D eigenvalue weighted by atomic mass is 10.0. The minimum atomic E-state index is -1.80. The highest BCUT2D eigenvalue weighted by molar-refractivity contribution is 5.81. The molecule has 2 atom stereocenters. The van der Waals surface area contributed by atoms with Gasteiger partial charge in [-0.3, -0.25) is 9.78 Å². The summed E-state index contributed by atoms with van der Waals surface area (Å²) in [6, 6.07) is 3.89. The Morgan fingerprint density at radius 3 is 2.63 bits per heavy atom. The van der Waals surface area contributed by atoms with Crippen molar-refractivity contribution in [2.75, 3.05) is 0 Å². The van der Waals surface area contributed by atoms with Crippen LogP contribution in [0.1, 0.15) is 11.7 Å². The van der Waals surface area contributed by atoms with Gasteiger partial charge in [-0.25, -0.2) is 9.59 Å². The number of aliphatic hydroxyl groups is 2. The van der Waals surface area contributed by atoms with Gasteiger partial charge < -0.3 is 20.4 Å². The van der Waals surface area contributed by atoms with Crippen LogP contribution in [0.2, 0.25) is 0 Å². The summed E-state index contributed by atoms with van der Waals surface area (Å²) >= 11 is 0. The highest BCUT2D eigenvalue weighted by atomic mass is 16.4. The Kier molecular flexibility index (Phi) is 3.19. The summed E-state index contributed by atoms with van der Waals surface area (Å²) < 4.78 is 4.33. The lowest BCUT2D eigenvalue weighted by molar-refractivity contribution is -0.131. The van der Waals surface area contributed by atoms with Crippen molar-refractivity contribution in [2.24, 2.45) is 5.73 Å². The molecule has 19 heavy (non-hydrogen) atoms. The fraction of sp³-hybridized carbons (Fsp3) is 0.182. The van der Waals surface area contributed by atoms with Crippen LogP contribution in [0.25, 0.3) is 10.9 Å². The van der Waals surface area contributed by atoms with Gasteiger partial charge in [0.25, 0.3) is 0 Å². The van der Waals surface area contributed by atoms with Crippen molar-refractivity contribution in [2.45, 2.75) is 12.2 Å². The number of H-pyrrole nitrogens is 1. The number of nitrogens with one attached hydrogen (secondary N) is 1. The Balaban J connectivity index is 2.56. The molecular weight excluding hydrogens is 256 g/mol. The van der Waals surface area contributed by atoms with Crippen LogP contribution in [0.5, 0.6) is 0 Å². The SMILES string of the molecule is NC(=O)C(O)C(O)c1ccc2[nH]c(=O)oc(=O)c2c1. The molecule has 2 unspecified atom stereocenters. The second-order valence-electron chi connectivity index (χ2n) is 3.90. The molecule has 8 nitrogen and oxygen atoms in total. The van der Waals surface area contributed by atoms with Crippen molar-refractivity contribution in [3.63, 3.8) is 0 Å². The molecule has 1 amide bonds. The summed E-state index contributed by atoms with van der Waals surface area (Å²) in [4.78, 5) is 35.5. The lowest BCUT2D eigenvalue weighted by Crippen LogP contribution is -2.33. The van der Waals surface area contributed by atoms with E-state index < -0.39 is 29.5 Å². The first-order chi connectivity index (χ1) is 8.90. The summed E-state index contributed by atoms with van der Waals surface area (Å²) in [6.45, 7) is 0. The molecule has 1 heterocycles. The smallest absolute Gasteiger partial charge is 0.385 e. The van der Waals surface area contributed by atoms with Crippen LogP contribution in [0.3, 0.4) is 0 Å². The number of carbonyl (C=O) groups is 1. The van der Waals surface area contributed by atoms with E-state index >= 15 is 0 Å². The number of primary amides is 1. The lowest BCUT2D eigenvalue weighted by Gasteiger charge is -2.15. The maximum atomic E-state index is 11.5. The van der Waals surface area contributed by atoms with Crippen molar-refractivity contribution < 1.29 is 19.4 Å². The third-order valence-electron chi connectivity index (χ3n) is 2.62. The zero-order chi connectivity index (χ0) is 14.2. The second kappa shape index (κ2) is 4.67. The fourth-order valence-electron chi connectivity index (χ4n) is 1.64. The zero-order valence-electron chi connectivity index (χ0n) is 9.49. The number of hydrogen-bond acceptors (Lipinski definition) is 6. The number of benzene rings is 1. The highest BCUT2D eigenvalue weighted by Gasteiger charge is 2.23. The van der Waals surface area contributed by atoms with Crippen LogP contribution in [-0.4, -0.2) is 27.2 Å². The largest absolute Gasteiger partial charge is 0.419 e. The fourth-order valence-corrected chi connectivity index (χ4v) is 1.64. The van der Waals surface area contributed by atoms with Gasteiger partial charge in [-0.05, 0) is 17.7 Å². The first-order valence-corrected chi connectivity index (χ1v) is 5.22. The van der Waals surface area contributed by atoms with Gasteiger partial charge in [0.2, 0.25) is 5.91 Å². The summed E-state index contributed by atoms with van der Waals surface area (Å²) in [5.74, 6) is -2.00. The predicted molar refractivity (Wildman–Crippen MR) is 63.3 cm³/mol. The van der Waals surface area contributed by atoms with Crippen molar-refractivity contribution in [1.29, 1.82) is 0 Å². The Morgan fingerprint density at radius 1 is 1.32 bits per heavy atom. The maximum absolute atomic E-state index is 11.5. The van der Waals surface area contributed by atoms with E-state index in [0.29, 0.717) is 0 Å². The molecule has 0 fully saturated rings. The van der Waals surface area contributed by atoms with Gasteiger partial charge in [0.15, 0.2) is 6.10 Å². The number of hydrogen-bond donors (Lipinski definition) is 4. The van der Waals surface area contributed by atoms with E-state index in [9.17, 15) is 24.6 Å². The number of fused-ring (bicyclic) bond motifs is 1. The van der Waals surface area contributed by atoms with Crippen molar-refractivity contribution >= 4 is 16.8 Å². The molecule has 0 saturated carbocycles. The van der Waals surface area contributed by atoms with Crippen LogP contribution in [0.15, 0.2) is 32.2 Å². The molecule has 1 aromatic heterocycles. The molecule has 0 aliphatic heterocycles. The second-order valence-corrected chi connectivity index (χ2v) is 3.90. The van der Waals surface area contributed by atoms with E-state index in [1.807, 2.05) is 0 Å². The van der Waals surface area contributed by atoms with Gasteiger partial charge in [0, 0.05) is 0 Å². The molecule has 2 rings (SSSR count). The van der Waals surface area contributed by atoms with E-state index in [0.717, 1.165) is 0 Å². The molecule has 0 spiro atoms. The van der Waals surface area contributed by atoms with E-state index in [1.54, 1.807) is 0 Å². The quantitative estimate of drug-likeness (QED) is 0.524. The number of aliphatic hydroxyl groups excluding tert-OH is 2. The summed E-state index contributed by atoms with van der Waals surface area (Å²) in [6.07, 6.45) is -3.37. The average molecular weight is 266 g/mol. The third kappa shape index (κ3) is 2.39. The minimum absolute atomic E-state index is 0.00724. The highest BCUT2D eigenvalue weighted by Crippen LogP contribution is 2.19. The van der Waals surface area contributed by atoms with E-state index in [4.69, 9.17) is 5.73 Å². The number of amides is 1. The summed E-state index contributed by atoms with van der Waals surface area (Å²) in [5.41, 5.74) is 4.28. The molecule has 2 aromatic rings. The Morgan fingerprint density at radius 2 is 2.00 bits per heavy atom. The normalized spacial score (nSPS) is 14.2. The molecule has 0 aliphatic carbocycles. The molecule has 0 bridgehead atoms. The average Bonchev–Trinajstić information content (AvgIpc) is 2.36. The van der Waals surface area contributed by atoms with Gasteiger partial charge in [0.05, 0.1) is 10.9 Å². The molecule has 0 saturated heterocycles. The van der Waals surface area contributed by atoms with Gasteiger partial charge in [-0.15, -0.1) is 0 Å². The summed E-state index contributed by atoms with van der Waals surface area (Å²) in [7, 11) is 0. The standard InChI is InChI=1S/C11H10N2O6/c12-9(16)8(15)7(14)4-1-2-6-5(3-4)10(17)19-11(18)13-6/h1-3,7-8,14-15H,(H2,12,16)(H,13,18). The maximum Gasteiger partial charge on any atom is 0.419 e. The Bertz CT molecular complexity index is 747. The van der Waals surface area contributed by atoms with Crippen LogP contribution in [0.4, 0.5) is 0 Å². The Labute approximate surface area is 105 Å².